The highest BCUT2D eigenvalue weighted by atomic mass is 32.1. The summed E-state index contributed by atoms with van der Waals surface area (Å²) in [5.41, 5.74) is 1.08. The molecule has 1 fully saturated rings. The Bertz CT molecular complexity index is 844. The maximum Gasteiger partial charge on any atom is 0.253 e. The lowest BCUT2D eigenvalue weighted by Gasteiger charge is -2.30. The number of hydrogen-bond acceptors (Lipinski definition) is 3. The average molecular weight is 350 g/mol. The van der Waals surface area contributed by atoms with Crippen LogP contribution in [0.3, 0.4) is 0 Å². The summed E-state index contributed by atoms with van der Waals surface area (Å²) in [4.78, 5) is 30.4. The van der Waals surface area contributed by atoms with Gasteiger partial charge in [-0.2, -0.15) is 0 Å². The summed E-state index contributed by atoms with van der Waals surface area (Å²) >= 11 is 5.01. The van der Waals surface area contributed by atoms with E-state index >= 15 is 0 Å². The normalized spacial score (nSPS) is 20.8. The molecular weight excluding hydrogens is 331 g/mol. The lowest BCUT2D eigenvalue weighted by atomic mass is 9.83. The van der Waals surface area contributed by atoms with Gasteiger partial charge in [0.2, 0.25) is 5.91 Å². The molecule has 3 rings (SSSR count). The molecule has 2 aromatic rings. The minimum Gasteiger partial charge on any atom is -0.359 e. The fraction of sp³-hybridized carbons (Fsp3) is 0.438. The van der Waals surface area contributed by atoms with Crippen LogP contribution < -0.4 is 10.6 Å². The van der Waals surface area contributed by atoms with Crippen LogP contribution in [0.4, 0.5) is 4.39 Å². The van der Waals surface area contributed by atoms with E-state index in [0.717, 1.165) is 25.7 Å². The molecule has 4 N–H and O–H groups in total. The van der Waals surface area contributed by atoms with Gasteiger partial charge in [-0.1, -0.05) is 12.8 Å². The third-order valence-corrected chi connectivity index (χ3v) is 4.70. The number of aromatic amines is 2. The van der Waals surface area contributed by atoms with Gasteiger partial charge in [0.25, 0.3) is 5.91 Å². The lowest BCUT2D eigenvalue weighted by Crippen LogP contribution is -2.47. The van der Waals surface area contributed by atoms with Crippen molar-refractivity contribution in [3.05, 3.63) is 28.3 Å². The van der Waals surface area contributed by atoms with Crippen LogP contribution in [0.2, 0.25) is 0 Å². The molecule has 1 aliphatic carbocycles. The minimum absolute atomic E-state index is 0.0783. The average Bonchev–Trinajstić information content (AvgIpc) is 2.93. The molecule has 2 atom stereocenters. The summed E-state index contributed by atoms with van der Waals surface area (Å²) in [6.07, 6.45) is 3.37. The molecule has 0 bridgehead atoms. The van der Waals surface area contributed by atoms with Crippen LogP contribution in [-0.2, 0) is 4.79 Å². The van der Waals surface area contributed by atoms with Crippen LogP contribution in [0.1, 0.15) is 36.0 Å². The number of amides is 2. The van der Waals surface area contributed by atoms with Crippen LogP contribution in [-0.4, -0.2) is 34.9 Å². The Balaban J connectivity index is 1.89. The topological polar surface area (TPSA) is 89.8 Å². The number of halogens is 1. The van der Waals surface area contributed by atoms with Crippen molar-refractivity contribution in [1.82, 2.24) is 20.6 Å². The first kappa shape index (κ1) is 16.6. The maximum atomic E-state index is 13.8. The van der Waals surface area contributed by atoms with Gasteiger partial charge in [0, 0.05) is 13.1 Å². The number of benzene rings is 1. The smallest absolute Gasteiger partial charge is 0.253 e. The van der Waals surface area contributed by atoms with Crippen molar-refractivity contribution in [2.75, 3.05) is 7.05 Å². The molecule has 0 radical (unpaired) electrons. The number of carbonyl (C=O) groups is 2. The minimum atomic E-state index is -0.524. The molecule has 1 saturated carbocycles. The van der Waals surface area contributed by atoms with E-state index in [1.165, 1.54) is 12.1 Å². The molecule has 6 nitrogen and oxygen atoms in total. The maximum absolute atomic E-state index is 13.8. The Morgan fingerprint density at radius 2 is 2.00 bits per heavy atom. The molecule has 1 heterocycles. The van der Waals surface area contributed by atoms with Gasteiger partial charge in [-0.15, -0.1) is 0 Å². The van der Waals surface area contributed by atoms with Crippen molar-refractivity contribution in [3.8, 4) is 0 Å². The van der Waals surface area contributed by atoms with Gasteiger partial charge in [0.1, 0.15) is 5.82 Å². The molecule has 2 amide bonds. The number of H-pyrrole nitrogens is 2. The second-order valence-electron chi connectivity index (χ2n) is 6.04. The number of hydrogen-bond donors (Lipinski definition) is 4. The standard InChI is InChI=1S/C16H19FN4O2S/c1-18-14(22)9-4-2-3-5-11(9)19-15(23)10-6-8(17)7-12-13(10)21-16(24)20-12/h6-7,9,11H,2-5H2,1H3,(H,18,22)(H,19,23)(H2,20,21,24)/t9-,11-/m1/s1. The zero-order valence-electron chi connectivity index (χ0n) is 13.2. The van der Waals surface area contributed by atoms with Crippen LogP contribution in [0.5, 0.6) is 0 Å². The van der Waals surface area contributed by atoms with Crippen molar-refractivity contribution in [2.45, 2.75) is 31.7 Å². The largest absolute Gasteiger partial charge is 0.359 e. The second-order valence-corrected chi connectivity index (χ2v) is 6.45. The van der Waals surface area contributed by atoms with Crippen molar-refractivity contribution >= 4 is 35.1 Å². The summed E-state index contributed by atoms with van der Waals surface area (Å²) in [7, 11) is 1.59. The monoisotopic (exact) mass is 350 g/mol. The van der Waals surface area contributed by atoms with E-state index in [9.17, 15) is 14.0 Å². The zero-order chi connectivity index (χ0) is 17.3. The number of fused-ring (bicyclic) bond motifs is 1. The Hall–Kier alpha value is -2.22. The van der Waals surface area contributed by atoms with Gasteiger partial charge in [0.15, 0.2) is 4.77 Å². The SMILES string of the molecule is CNC(=O)[C@@H]1CCCC[C@H]1NC(=O)c1cc(F)cc2[nH]c(=S)[nH]c12. The molecule has 0 unspecified atom stereocenters. The molecular formula is C16H19FN4O2S. The third-order valence-electron chi connectivity index (χ3n) is 4.50. The second kappa shape index (κ2) is 6.72. The van der Waals surface area contributed by atoms with E-state index in [4.69, 9.17) is 12.2 Å². The van der Waals surface area contributed by atoms with Crippen molar-refractivity contribution in [3.63, 3.8) is 0 Å². The van der Waals surface area contributed by atoms with E-state index in [2.05, 4.69) is 20.6 Å². The Morgan fingerprint density at radius 1 is 1.25 bits per heavy atom. The molecule has 0 aliphatic heterocycles. The molecule has 1 aliphatic rings. The predicted molar refractivity (Wildman–Crippen MR) is 90.7 cm³/mol. The molecule has 128 valence electrons. The highest BCUT2D eigenvalue weighted by molar-refractivity contribution is 7.71. The molecule has 1 aromatic heterocycles. The quantitative estimate of drug-likeness (QED) is 0.641. The molecule has 24 heavy (non-hydrogen) atoms. The number of rotatable bonds is 3. The van der Waals surface area contributed by atoms with Crippen molar-refractivity contribution in [1.29, 1.82) is 0 Å². The summed E-state index contributed by atoms with van der Waals surface area (Å²) in [5, 5.41) is 5.54. The number of carbonyl (C=O) groups excluding carboxylic acids is 2. The van der Waals surface area contributed by atoms with Crippen LogP contribution in [0.15, 0.2) is 12.1 Å². The molecule has 0 spiro atoms. The number of aromatic nitrogens is 2. The Morgan fingerprint density at radius 3 is 2.75 bits per heavy atom. The van der Waals surface area contributed by atoms with E-state index in [1.807, 2.05) is 0 Å². The fourth-order valence-corrected chi connectivity index (χ4v) is 3.55. The Labute approximate surface area is 143 Å². The number of nitrogens with one attached hydrogen (secondary N) is 4. The zero-order valence-corrected chi connectivity index (χ0v) is 14.1. The summed E-state index contributed by atoms with van der Waals surface area (Å²) < 4.78 is 14.1. The van der Waals surface area contributed by atoms with Gasteiger partial charge in [0.05, 0.1) is 22.5 Å². The number of imidazole rings is 1. The Kier molecular flexibility index (Phi) is 4.66. The van der Waals surface area contributed by atoms with Crippen LogP contribution >= 0.6 is 12.2 Å². The van der Waals surface area contributed by atoms with Crippen molar-refractivity contribution < 1.29 is 14.0 Å². The summed E-state index contributed by atoms with van der Waals surface area (Å²) in [6.45, 7) is 0. The van der Waals surface area contributed by atoms with Gasteiger partial charge in [-0.3, -0.25) is 9.59 Å². The summed E-state index contributed by atoms with van der Waals surface area (Å²) in [6, 6.07) is 2.20. The van der Waals surface area contributed by atoms with Gasteiger partial charge >= 0.3 is 0 Å². The first-order valence-electron chi connectivity index (χ1n) is 7.93. The first-order valence-corrected chi connectivity index (χ1v) is 8.34. The van der Waals surface area contributed by atoms with Gasteiger partial charge < -0.3 is 20.6 Å². The van der Waals surface area contributed by atoms with E-state index < -0.39 is 11.7 Å². The summed E-state index contributed by atoms with van der Waals surface area (Å²) in [5.74, 6) is -1.28. The highest BCUT2D eigenvalue weighted by Crippen LogP contribution is 2.26. The molecule has 1 aromatic carbocycles. The van der Waals surface area contributed by atoms with E-state index in [0.29, 0.717) is 15.8 Å². The highest BCUT2D eigenvalue weighted by Gasteiger charge is 2.32. The van der Waals surface area contributed by atoms with E-state index in [-0.39, 0.29) is 23.4 Å². The lowest BCUT2D eigenvalue weighted by molar-refractivity contribution is -0.126. The van der Waals surface area contributed by atoms with E-state index in [1.54, 1.807) is 7.05 Å². The molecule has 8 heteroatoms. The third kappa shape index (κ3) is 3.19. The first-order chi connectivity index (χ1) is 11.5. The van der Waals surface area contributed by atoms with Crippen molar-refractivity contribution in [2.24, 2.45) is 5.92 Å². The predicted octanol–water partition coefficient (Wildman–Crippen LogP) is 2.40. The van der Waals surface area contributed by atoms with Gasteiger partial charge in [-0.25, -0.2) is 4.39 Å². The van der Waals surface area contributed by atoms with Crippen LogP contribution in [0.25, 0.3) is 11.0 Å². The fourth-order valence-electron chi connectivity index (χ4n) is 3.34. The van der Waals surface area contributed by atoms with Crippen LogP contribution in [0, 0.1) is 16.5 Å². The van der Waals surface area contributed by atoms with Gasteiger partial charge in [-0.05, 0) is 37.2 Å². The molecule has 0 saturated heterocycles.